The summed E-state index contributed by atoms with van der Waals surface area (Å²) < 4.78 is 21.6. The summed E-state index contributed by atoms with van der Waals surface area (Å²) in [6.07, 6.45) is 6.66. The zero-order valence-electron chi connectivity index (χ0n) is 11.2. The van der Waals surface area contributed by atoms with E-state index in [0.717, 1.165) is 25.7 Å². The summed E-state index contributed by atoms with van der Waals surface area (Å²) in [4.78, 5) is 0. The summed E-state index contributed by atoms with van der Waals surface area (Å²) in [7, 11) is -1.90. The molecule has 0 aliphatic carbocycles. The maximum Gasteiger partial charge on any atom is 3.00 e. The van der Waals surface area contributed by atoms with E-state index in [1.807, 2.05) is 0 Å². The third kappa shape index (κ3) is 12.8. The van der Waals surface area contributed by atoms with Gasteiger partial charge in [0.2, 0.25) is 0 Å². The van der Waals surface area contributed by atoms with Crippen LogP contribution >= 0.6 is 8.25 Å². The third-order valence-electron chi connectivity index (χ3n) is 2.65. The standard InChI is InChI=1S/C12H26O3P.Co/c1-4-7-9-12(6-3)11-15-16(13)14-10-8-5-2;/h12H,4-11H2,1-3H3;/q+1;+3. The molecule has 0 aromatic carbocycles. The third-order valence-corrected chi connectivity index (χ3v) is 3.41. The molecule has 0 aliphatic heterocycles. The van der Waals surface area contributed by atoms with Crippen molar-refractivity contribution in [2.75, 3.05) is 13.2 Å². The molecule has 2 atom stereocenters. The molecule has 5 heteroatoms. The summed E-state index contributed by atoms with van der Waals surface area (Å²) in [6, 6.07) is 0. The van der Waals surface area contributed by atoms with Crippen LogP contribution in [0.15, 0.2) is 0 Å². The zero-order chi connectivity index (χ0) is 12.2. The van der Waals surface area contributed by atoms with E-state index in [1.54, 1.807) is 0 Å². The Kier molecular flexibility index (Phi) is 17.0. The second-order valence-corrected chi connectivity index (χ2v) is 5.09. The molecule has 0 aliphatic rings. The Labute approximate surface area is 117 Å². The van der Waals surface area contributed by atoms with Gasteiger partial charge in [-0.1, -0.05) is 46.5 Å². The van der Waals surface area contributed by atoms with Crippen LogP contribution in [0.25, 0.3) is 0 Å². The normalized spacial score (nSPS) is 13.0. The molecule has 0 aromatic heterocycles. The first-order valence-electron chi connectivity index (χ1n) is 6.47. The summed E-state index contributed by atoms with van der Waals surface area (Å²) in [5.74, 6) is 0.522. The van der Waals surface area contributed by atoms with Gasteiger partial charge < -0.3 is 0 Å². The summed E-state index contributed by atoms with van der Waals surface area (Å²) in [6.45, 7) is 7.51. The van der Waals surface area contributed by atoms with Gasteiger partial charge in [-0.15, -0.1) is 9.05 Å². The molecule has 17 heavy (non-hydrogen) atoms. The van der Waals surface area contributed by atoms with Crippen LogP contribution < -0.4 is 0 Å². The Morgan fingerprint density at radius 1 is 1.06 bits per heavy atom. The van der Waals surface area contributed by atoms with Crippen molar-refractivity contribution in [3.63, 3.8) is 0 Å². The van der Waals surface area contributed by atoms with E-state index < -0.39 is 8.25 Å². The summed E-state index contributed by atoms with van der Waals surface area (Å²) in [5, 5.41) is 0. The van der Waals surface area contributed by atoms with E-state index in [1.165, 1.54) is 12.8 Å². The van der Waals surface area contributed by atoms with E-state index in [9.17, 15) is 4.57 Å². The van der Waals surface area contributed by atoms with Crippen LogP contribution in [0, 0.1) is 5.92 Å². The molecule has 3 nitrogen and oxygen atoms in total. The molecule has 2 unspecified atom stereocenters. The Morgan fingerprint density at radius 2 is 1.71 bits per heavy atom. The molecular formula is C12H26CoO3P+4. The maximum absolute atomic E-state index is 11.3. The molecule has 0 amide bonds. The molecule has 0 rings (SSSR count). The van der Waals surface area contributed by atoms with Gasteiger partial charge in [0.25, 0.3) is 0 Å². The topological polar surface area (TPSA) is 35.5 Å². The van der Waals surface area contributed by atoms with Crippen molar-refractivity contribution in [3.8, 4) is 0 Å². The predicted octanol–water partition coefficient (Wildman–Crippen LogP) is 4.69. The van der Waals surface area contributed by atoms with Crippen LogP contribution in [0.5, 0.6) is 0 Å². The molecule has 0 spiro atoms. The number of hydrogen-bond acceptors (Lipinski definition) is 3. The van der Waals surface area contributed by atoms with Gasteiger partial charge in [0.15, 0.2) is 0 Å². The van der Waals surface area contributed by atoms with E-state index in [0.29, 0.717) is 19.1 Å². The first-order valence-corrected chi connectivity index (χ1v) is 7.57. The van der Waals surface area contributed by atoms with E-state index in [2.05, 4.69) is 20.8 Å². The Balaban J connectivity index is 0. The van der Waals surface area contributed by atoms with Crippen LogP contribution in [0.2, 0.25) is 0 Å². The summed E-state index contributed by atoms with van der Waals surface area (Å²) >= 11 is 0. The van der Waals surface area contributed by atoms with Crippen LogP contribution in [0.3, 0.4) is 0 Å². The van der Waals surface area contributed by atoms with Gasteiger partial charge in [-0.3, -0.25) is 0 Å². The molecule has 0 N–H and O–H groups in total. The maximum atomic E-state index is 11.3. The van der Waals surface area contributed by atoms with Gasteiger partial charge in [-0.05, 0) is 18.8 Å². The first-order chi connectivity index (χ1) is 7.74. The van der Waals surface area contributed by atoms with Gasteiger partial charge >= 0.3 is 25.0 Å². The quantitative estimate of drug-likeness (QED) is 0.410. The average molecular weight is 308 g/mol. The van der Waals surface area contributed by atoms with Crippen LogP contribution in [0.4, 0.5) is 0 Å². The summed E-state index contributed by atoms with van der Waals surface area (Å²) in [5.41, 5.74) is 0. The van der Waals surface area contributed by atoms with Crippen molar-refractivity contribution in [2.45, 2.75) is 59.3 Å². The fraction of sp³-hybridized carbons (Fsp3) is 1.00. The minimum atomic E-state index is -1.90. The van der Waals surface area contributed by atoms with Gasteiger partial charge in [-0.2, -0.15) is 0 Å². The molecule has 0 heterocycles. The molecule has 0 saturated heterocycles. The first kappa shape index (κ1) is 19.9. The molecule has 0 bridgehead atoms. The molecule has 0 radical (unpaired) electrons. The fourth-order valence-corrected chi connectivity index (χ4v) is 2.07. The Hall–Kier alpha value is 0.526. The fourth-order valence-electron chi connectivity index (χ4n) is 1.39. The largest absolute Gasteiger partial charge is 3.00 e. The molecule has 102 valence electrons. The number of hydrogen-bond donors (Lipinski definition) is 0. The smallest absolute Gasteiger partial charge is 0.119 e. The van der Waals surface area contributed by atoms with Crippen molar-refractivity contribution in [1.29, 1.82) is 0 Å². The van der Waals surface area contributed by atoms with E-state index in [4.69, 9.17) is 9.05 Å². The Morgan fingerprint density at radius 3 is 2.24 bits per heavy atom. The van der Waals surface area contributed by atoms with Crippen molar-refractivity contribution >= 4 is 8.25 Å². The predicted molar refractivity (Wildman–Crippen MR) is 67.7 cm³/mol. The SMILES string of the molecule is CCCCO[P+](=O)OCC(CC)CCCC.[Co+3]. The molecule has 0 saturated carbocycles. The van der Waals surface area contributed by atoms with Crippen molar-refractivity contribution in [3.05, 3.63) is 0 Å². The van der Waals surface area contributed by atoms with Crippen LogP contribution in [-0.2, 0) is 30.4 Å². The minimum absolute atomic E-state index is 0. The molecular weight excluding hydrogens is 282 g/mol. The van der Waals surface area contributed by atoms with Crippen molar-refractivity contribution in [2.24, 2.45) is 5.92 Å². The van der Waals surface area contributed by atoms with Gasteiger partial charge in [0.05, 0.1) is 0 Å². The van der Waals surface area contributed by atoms with Gasteiger partial charge in [-0.25, -0.2) is 0 Å². The molecule has 0 fully saturated rings. The molecule has 0 aromatic rings. The zero-order valence-corrected chi connectivity index (χ0v) is 13.2. The average Bonchev–Trinajstić information content (AvgIpc) is 2.30. The number of rotatable bonds is 11. The van der Waals surface area contributed by atoms with E-state index >= 15 is 0 Å². The second kappa shape index (κ2) is 14.6. The van der Waals surface area contributed by atoms with E-state index in [-0.39, 0.29) is 16.8 Å². The van der Waals surface area contributed by atoms with Gasteiger partial charge in [0.1, 0.15) is 13.2 Å². The second-order valence-electron chi connectivity index (χ2n) is 4.12. The Bertz CT molecular complexity index is 179. The monoisotopic (exact) mass is 308 g/mol. The van der Waals surface area contributed by atoms with Gasteiger partial charge in [0, 0.05) is 4.57 Å². The minimum Gasteiger partial charge on any atom is -0.119 e. The van der Waals surface area contributed by atoms with Crippen molar-refractivity contribution in [1.82, 2.24) is 0 Å². The van der Waals surface area contributed by atoms with Crippen LogP contribution in [-0.4, -0.2) is 13.2 Å². The number of unbranched alkanes of at least 4 members (excludes halogenated alkanes) is 2. The van der Waals surface area contributed by atoms with Crippen molar-refractivity contribution < 1.29 is 30.4 Å². The van der Waals surface area contributed by atoms with Crippen LogP contribution in [0.1, 0.15) is 59.3 Å².